The highest BCUT2D eigenvalue weighted by Gasteiger charge is 2.43. The van der Waals surface area contributed by atoms with Gasteiger partial charge in [-0.15, -0.1) is 6.58 Å². The predicted octanol–water partition coefficient (Wildman–Crippen LogP) is 4.22. The van der Waals surface area contributed by atoms with Crippen molar-refractivity contribution in [1.82, 2.24) is 4.90 Å². The van der Waals surface area contributed by atoms with Crippen LogP contribution < -0.4 is 0 Å². The molecule has 3 rings (SSSR count). The third-order valence-electron chi connectivity index (χ3n) is 6.50. The molecule has 2 aliphatic heterocycles. The average molecular weight is 386 g/mol. The Morgan fingerprint density at radius 3 is 2.50 bits per heavy atom. The number of amides is 2. The van der Waals surface area contributed by atoms with Crippen LogP contribution in [-0.4, -0.2) is 41.8 Å². The smallest absolute Gasteiger partial charge is 0.416 e. The zero-order chi connectivity index (χ0) is 20.3. The molecule has 0 saturated carbocycles. The molecule has 5 heteroatoms. The number of ether oxygens (including phenoxy) is 2. The summed E-state index contributed by atoms with van der Waals surface area (Å²) < 4.78 is 11.5. The number of carbonyl (C=O) groups excluding carboxylic acids is 2. The van der Waals surface area contributed by atoms with Gasteiger partial charge in [-0.25, -0.2) is 9.69 Å². The van der Waals surface area contributed by atoms with Crippen LogP contribution in [0.25, 0.3) is 0 Å². The minimum Gasteiger partial charge on any atom is -0.447 e. The fourth-order valence-corrected chi connectivity index (χ4v) is 4.37. The van der Waals surface area contributed by atoms with Gasteiger partial charge in [-0.3, -0.25) is 4.79 Å². The van der Waals surface area contributed by atoms with Crippen LogP contribution in [0.2, 0.25) is 0 Å². The lowest BCUT2D eigenvalue weighted by molar-refractivity contribution is -0.151. The topological polar surface area (TPSA) is 55.8 Å². The Kier molecular flexibility index (Phi) is 6.55. The highest BCUT2D eigenvalue weighted by atomic mass is 16.6. The molecular weight excluding hydrogens is 354 g/mol. The maximum absolute atomic E-state index is 13.0. The molecule has 0 aromatic heterocycles. The Morgan fingerprint density at radius 2 is 1.82 bits per heavy atom. The molecule has 2 aliphatic rings. The third-order valence-corrected chi connectivity index (χ3v) is 6.50. The monoisotopic (exact) mass is 385 g/mol. The Morgan fingerprint density at radius 1 is 1.14 bits per heavy atom. The Bertz CT molecular complexity index is 704. The van der Waals surface area contributed by atoms with Gasteiger partial charge in [0, 0.05) is 0 Å². The fraction of sp³-hybridized carbons (Fsp3) is 0.565. The number of imide groups is 1. The van der Waals surface area contributed by atoms with Gasteiger partial charge in [-0.05, 0) is 36.2 Å². The van der Waals surface area contributed by atoms with Crippen LogP contribution in [0.3, 0.4) is 0 Å². The van der Waals surface area contributed by atoms with Crippen molar-refractivity contribution in [2.24, 2.45) is 17.8 Å². The summed E-state index contributed by atoms with van der Waals surface area (Å²) in [6.07, 6.45) is 2.76. The first kappa shape index (κ1) is 20.6. The van der Waals surface area contributed by atoms with Crippen molar-refractivity contribution < 1.29 is 19.1 Å². The Labute approximate surface area is 167 Å². The lowest BCUT2D eigenvalue weighted by atomic mass is 9.75. The van der Waals surface area contributed by atoms with Crippen molar-refractivity contribution in [2.75, 3.05) is 6.61 Å². The van der Waals surface area contributed by atoms with Crippen LogP contribution >= 0.6 is 0 Å². The molecule has 152 valence electrons. The summed E-state index contributed by atoms with van der Waals surface area (Å²) in [7, 11) is 0. The molecule has 0 radical (unpaired) electrons. The van der Waals surface area contributed by atoms with Gasteiger partial charge in [0.2, 0.25) is 5.91 Å². The van der Waals surface area contributed by atoms with Crippen LogP contribution in [0.5, 0.6) is 0 Å². The van der Waals surface area contributed by atoms with E-state index >= 15 is 0 Å². The molecule has 2 fully saturated rings. The molecule has 0 bridgehead atoms. The van der Waals surface area contributed by atoms with Crippen LogP contribution in [0.15, 0.2) is 43.0 Å². The second-order valence-electron chi connectivity index (χ2n) is 8.20. The second-order valence-corrected chi connectivity index (χ2v) is 8.20. The van der Waals surface area contributed by atoms with E-state index in [4.69, 9.17) is 9.47 Å². The van der Waals surface area contributed by atoms with Gasteiger partial charge in [-0.2, -0.15) is 0 Å². The van der Waals surface area contributed by atoms with E-state index in [-0.39, 0.29) is 43.1 Å². The zero-order valence-corrected chi connectivity index (χ0v) is 17.0. The first-order chi connectivity index (χ1) is 13.4. The van der Waals surface area contributed by atoms with Crippen molar-refractivity contribution in [3.8, 4) is 0 Å². The molecular formula is C23H31NO4. The van der Waals surface area contributed by atoms with Gasteiger partial charge in [0.15, 0.2) is 0 Å². The van der Waals surface area contributed by atoms with Crippen molar-refractivity contribution in [3.63, 3.8) is 0 Å². The van der Waals surface area contributed by atoms with Gasteiger partial charge < -0.3 is 9.47 Å². The van der Waals surface area contributed by atoms with Gasteiger partial charge in [0.1, 0.15) is 6.61 Å². The summed E-state index contributed by atoms with van der Waals surface area (Å²) in [5, 5.41) is 0. The van der Waals surface area contributed by atoms with E-state index < -0.39 is 6.09 Å². The van der Waals surface area contributed by atoms with Crippen molar-refractivity contribution in [3.05, 3.63) is 48.6 Å². The molecule has 0 spiro atoms. The molecule has 5 nitrogen and oxygen atoms in total. The molecule has 0 aliphatic carbocycles. The normalized spacial score (nSPS) is 32.8. The maximum Gasteiger partial charge on any atom is 0.416 e. The first-order valence-corrected chi connectivity index (χ1v) is 10.2. The molecule has 2 saturated heterocycles. The van der Waals surface area contributed by atoms with E-state index in [1.807, 2.05) is 36.4 Å². The molecule has 2 amide bonds. The second kappa shape index (κ2) is 8.91. The van der Waals surface area contributed by atoms with Gasteiger partial charge in [0.25, 0.3) is 0 Å². The fourth-order valence-electron chi connectivity index (χ4n) is 4.37. The lowest BCUT2D eigenvalue weighted by Crippen LogP contribution is -2.48. The van der Waals surface area contributed by atoms with E-state index in [1.165, 1.54) is 4.90 Å². The highest BCUT2D eigenvalue weighted by molar-refractivity contribution is 5.93. The number of cyclic esters (lactones) is 1. The standard InChI is InChI=1S/C23H31NO4/c1-5-9-20-16(3)15(2)17(4)21(28-20)13-22(25)24-19(14-27-23(24)26)12-18-10-7-6-8-11-18/h5-8,10-11,15-17,19-21H,1,9,12-14H2,2-4H3/t15-,16+,17+,19+,20+,21+/m0/s1. The van der Waals surface area contributed by atoms with E-state index in [1.54, 1.807) is 0 Å². The molecule has 1 aromatic rings. The minimum atomic E-state index is -0.543. The Hall–Kier alpha value is -2.14. The summed E-state index contributed by atoms with van der Waals surface area (Å²) in [4.78, 5) is 26.6. The molecule has 1 aromatic carbocycles. The zero-order valence-electron chi connectivity index (χ0n) is 17.0. The van der Waals surface area contributed by atoms with Crippen LogP contribution in [-0.2, 0) is 20.7 Å². The van der Waals surface area contributed by atoms with Gasteiger partial charge in [0.05, 0.1) is 24.7 Å². The number of rotatable bonds is 6. The SMILES string of the molecule is C=CC[C@H]1O[C@H](CC(=O)N2C(=O)OC[C@H]2Cc2ccccc2)[C@H](C)[C@@H](C)[C@H]1C. The molecule has 0 unspecified atom stereocenters. The number of benzene rings is 1. The number of carbonyl (C=O) groups is 2. The summed E-state index contributed by atoms with van der Waals surface area (Å²) in [5.41, 5.74) is 1.08. The van der Waals surface area contributed by atoms with Crippen molar-refractivity contribution >= 4 is 12.0 Å². The average Bonchev–Trinajstić information content (AvgIpc) is 3.05. The molecule has 0 N–H and O–H groups in total. The largest absolute Gasteiger partial charge is 0.447 e. The van der Waals surface area contributed by atoms with E-state index in [2.05, 4.69) is 27.4 Å². The van der Waals surface area contributed by atoms with Crippen molar-refractivity contribution in [2.45, 2.75) is 58.3 Å². The maximum atomic E-state index is 13.0. The van der Waals surface area contributed by atoms with Crippen molar-refractivity contribution in [1.29, 1.82) is 0 Å². The van der Waals surface area contributed by atoms with Gasteiger partial charge >= 0.3 is 6.09 Å². The summed E-state index contributed by atoms with van der Waals surface area (Å²) in [6.45, 7) is 10.6. The summed E-state index contributed by atoms with van der Waals surface area (Å²) >= 11 is 0. The Balaban J connectivity index is 1.69. The molecule has 6 atom stereocenters. The third kappa shape index (κ3) is 4.30. The minimum absolute atomic E-state index is 0.0622. The summed E-state index contributed by atoms with van der Waals surface area (Å²) in [6, 6.07) is 9.60. The van der Waals surface area contributed by atoms with E-state index in [0.29, 0.717) is 18.3 Å². The van der Waals surface area contributed by atoms with E-state index in [9.17, 15) is 9.59 Å². The molecule has 28 heavy (non-hydrogen) atoms. The molecule has 2 heterocycles. The van der Waals surface area contributed by atoms with Crippen LogP contribution in [0, 0.1) is 17.8 Å². The first-order valence-electron chi connectivity index (χ1n) is 10.2. The number of nitrogens with zero attached hydrogens (tertiary/aromatic N) is 1. The van der Waals surface area contributed by atoms with Crippen LogP contribution in [0.1, 0.15) is 39.2 Å². The van der Waals surface area contributed by atoms with Gasteiger partial charge in [-0.1, -0.05) is 57.2 Å². The highest BCUT2D eigenvalue weighted by Crippen LogP contribution is 2.38. The predicted molar refractivity (Wildman–Crippen MR) is 108 cm³/mol. The van der Waals surface area contributed by atoms with Crippen LogP contribution in [0.4, 0.5) is 4.79 Å². The van der Waals surface area contributed by atoms with E-state index in [0.717, 1.165) is 12.0 Å². The number of hydrogen-bond acceptors (Lipinski definition) is 4. The lowest BCUT2D eigenvalue weighted by Gasteiger charge is -2.43. The number of hydrogen-bond donors (Lipinski definition) is 0. The summed E-state index contributed by atoms with van der Waals surface area (Å²) in [5.74, 6) is 0.870. The quantitative estimate of drug-likeness (QED) is 0.688.